The Morgan fingerprint density at radius 2 is 1.91 bits per heavy atom. The van der Waals surface area contributed by atoms with E-state index in [1.54, 1.807) is 0 Å². The molecule has 1 aromatic rings. The summed E-state index contributed by atoms with van der Waals surface area (Å²) in [7, 11) is 0. The van der Waals surface area contributed by atoms with Crippen molar-refractivity contribution in [3.63, 3.8) is 0 Å². The number of hydrogen-bond acceptors (Lipinski definition) is 7. The number of benzene rings is 1. The van der Waals surface area contributed by atoms with Crippen LogP contribution in [0.3, 0.4) is 0 Å². The Hall–Kier alpha value is -1.82. The molecule has 1 aromatic carbocycles. The monoisotopic (exact) mass is 508 g/mol. The normalized spacial score (nSPS) is 27.8. The van der Waals surface area contributed by atoms with Gasteiger partial charge in [-0.15, -0.1) is 11.8 Å². The van der Waals surface area contributed by atoms with E-state index in [1.807, 2.05) is 44.2 Å². The van der Waals surface area contributed by atoms with E-state index in [4.69, 9.17) is 12.2 Å². The molecule has 3 fully saturated rings. The van der Waals surface area contributed by atoms with Crippen LogP contribution >= 0.6 is 35.7 Å². The summed E-state index contributed by atoms with van der Waals surface area (Å²) >= 11 is 8.45. The molecule has 4 rings (SSSR count). The maximum Gasteiger partial charge on any atom is 0.327 e. The summed E-state index contributed by atoms with van der Waals surface area (Å²) in [6.07, 6.45) is 0. The highest BCUT2D eigenvalue weighted by Crippen LogP contribution is 2.50. The van der Waals surface area contributed by atoms with Crippen LogP contribution in [-0.4, -0.2) is 82.7 Å². The number of carboxylic acids is 1. The van der Waals surface area contributed by atoms with Crippen molar-refractivity contribution in [1.82, 2.24) is 20.0 Å². The molecule has 0 radical (unpaired) electrons. The zero-order chi connectivity index (χ0) is 24.1. The molecule has 0 saturated carbocycles. The Labute approximate surface area is 207 Å². The summed E-state index contributed by atoms with van der Waals surface area (Å²) in [5, 5.41) is 12.2. The van der Waals surface area contributed by atoms with Crippen molar-refractivity contribution in [3.8, 4) is 0 Å². The number of hydrogen-bond donors (Lipinski definition) is 2. The van der Waals surface area contributed by atoms with Crippen molar-refractivity contribution in [1.29, 1.82) is 0 Å². The highest BCUT2D eigenvalue weighted by molar-refractivity contribution is 8.22. The Balaban J connectivity index is 1.56. The quantitative estimate of drug-likeness (QED) is 0.444. The van der Waals surface area contributed by atoms with Crippen LogP contribution in [-0.2, 0) is 14.4 Å². The smallest absolute Gasteiger partial charge is 0.327 e. The lowest BCUT2D eigenvalue weighted by molar-refractivity contribution is -0.161. The molecule has 2 unspecified atom stereocenters. The molecule has 3 heterocycles. The fraction of sp³-hybridized carbons (Fsp3) is 0.545. The molecule has 0 spiro atoms. The van der Waals surface area contributed by atoms with E-state index in [1.165, 1.54) is 28.4 Å². The number of thioether (sulfide) groups is 2. The van der Waals surface area contributed by atoms with Crippen molar-refractivity contribution in [2.24, 2.45) is 0 Å². The highest BCUT2D eigenvalue weighted by Gasteiger charge is 2.64. The first-order chi connectivity index (χ1) is 15.5. The summed E-state index contributed by atoms with van der Waals surface area (Å²) in [4.78, 5) is 43.8. The molecule has 0 aliphatic carbocycles. The maximum absolute atomic E-state index is 13.6. The first-order valence-electron chi connectivity index (χ1n) is 10.8. The van der Waals surface area contributed by atoms with Crippen LogP contribution in [0.4, 0.5) is 0 Å². The van der Waals surface area contributed by atoms with Crippen LogP contribution in [0.5, 0.6) is 0 Å². The molecule has 3 saturated heterocycles. The zero-order valence-electron chi connectivity index (χ0n) is 18.9. The van der Waals surface area contributed by atoms with Crippen molar-refractivity contribution < 1.29 is 19.5 Å². The lowest BCUT2D eigenvalue weighted by atomic mass is 9.95. The summed E-state index contributed by atoms with van der Waals surface area (Å²) in [5.41, 5.74) is 0.832. The van der Waals surface area contributed by atoms with Crippen molar-refractivity contribution >= 4 is 57.8 Å². The third-order valence-corrected chi connectivity index (χ3v) is 9.35. The predicted octanol–water partition coefficient (Wildman–Crippen LogP) is 2.32. The number of β-lactam (4-membered cyclic amide) rings is 1. The number of thiocarbonyl (C=S) groups is 1. The van der Waals surface area contributed by atoms with E-state index in [0.29, 0.717) is 12.5 Å². The summed E-state index contributed by atoms with van der Waals surface area (Å²) < 4.78 is 0.170. The number of carbonyl (C=O) groups excluding carboxylic acids is 2. The third-order valence-electron chi connectivity index (χ3n) is 6.25. The predicted molar refractivity (Wildman–Crippen MR) is 134 cm³/mol. The van der Waals surface area contributed by atoms with E-state index in [2.05, 4.69) is 29.0 Å². The van der Waals surface area contributed by atoms with Crippen LogP contribution in [0.15, 0.2) is 30.3 Å². The number of fused-ring (bicyclic) bond motifs is 1. The second-order valence-electron chi connectivity index (χ2n) is 9.23. The van der Waals surface area contributed by atoms with Gasteiger partial charge in [-0.2, -0.15) is 0 Å². The van der Waals surface area contributed by atoms with Gasteiger partial charge in [0, 0.05) is 10.8 Å². The van der Waals surface area contributed by atoms with Gasteiger partial charge in [-0.05, 0) is 33.3 Å². The largest absolute Gasteiger partial charge is 0.480 e. The number of carboxylic acid groups (broad SMARTS) is 1. The van der Waals surface area contributed by atoms with Gasteiger partial charge in [0.15, 0.2) is 0 Å². The zero-order valence-corrected chi connectivity index (χ0v) is 21.4. The van der Waals surface area contributed by atoms with Gasteiger partial charge in [0.2, 0.25) is 11.8 Å². The molecule has 0 bridgehead atoms. The topological polar surface area (TPSA) is 93.2 Å². The van der Waals surface area contributed by atoms with E-state index in [-0.39, 0.29) is 23.2 Å². The minimum atomic E-state index is -1.02. The molecule has 4 atom stereocenters. The van der Waals surface area contributed by atoms with Gasteiger partial charge in [0.25, 0.3) is 0 Å². The van der Waals surface area contributed by atoms with Gasteiger partial charge in [0.1, 0.15) is 27.8 Å². The molecular formula is C22H28N4O4S3. The molecule has 33 heavy (non-hydrogen) atoms. The SMILES string of the molecule is CC(C)N1CN(C(C(=O)NC2C(=O)N3[C@@H]2SC(C)(C)[C@@H]3C(=O)O)c2ccccc2)CSC1=S. The van der Waals surface area contributed by atoms with Crippen molar-refractivity contribution in [2.75, 3.05) is 12.5 Å². The van der Waals surface area contributed by atoms with Crippen molar-refractivity contribution in [2.45, 2.75) is 62.0 Å². The van der Waals surface area contributed by atoms with Gasteiger partial charge in [0.05, 0.1) is 12.5 Å². The van der Waals surface area contributed by atoms with Crippen molar-refractivity contribution in [3.05, 3.63) is 35.9 Å². The van der Waals surface area contributed by atoms with Crippen LogP contribution in [0, 0.1) is 0 Å². The Bertz CT molecular complexity index is 974. The summed E-state index contributed by atoms with van der Waals surface area (Å²) in [5.74, 6) is -1.07. The lowest BCUT2D eigenvalue weighted by Gasteiger charge is -2.45. The number of aliphatic carboxylic acids is 1. The molecule has 8 nitrogen and oxygen atoms in total. The van der Waals surface area contributed by atoms with E-state index in [9.17, 15) is 19.5 Å². The minimum Gasteiger partial charge on any atom is -0.480 e. The lowest BCUT2D eigenvalue weighted by Crippen LogP contribution is -2.71. The van der Waals surface area contributed by atoms with E-state index < -0.39 is 28.8 Å². The van der Waals surface area contributed by atoms with Gasteiger partial charge in [-0.3, -0.25) is 14.5 Å². The van der Waals surface area contributed by atoms with Crippen LogP contribution in [0.1, 0.15) is 39.3 Å². The molecule has 11 heteroatoms. The number of nitrogens with one attached hydrogen (secondary N) is 1. The highest BCUT2D eigenvalue weighted by atomic mass is 32.2. The summed E-state index contributed by atoms with van der Waals surface area (Å²) in [6, 6.07) is 7.44. The van der Waals surface area contributed by atoms with Gasteiger partial charge in [-0.25, -0.2) is 4.79 Å². The van der Waals surface area contributed by atoms with Crippen LogP contribution in [0.25, 0.3) is 0 Å². The van der Waals surface area contributed by atoms with Crippen LogP contribution < -0.4 is 5.32 Å². The number of carbonyl (C=O) groups is 3. The number of rotatable bonds is 6. The minimum absolute atomic E-state index is 0.194. The second kappa shape index (κ2) is 9.09. The molecule has 178 valence electrons. The first kappa shape index (κ1) is 24.3. The van der Waals surface area contributed by atoms with Gasteiger partial charge < -0.3 is 20.2 Å². The van der Waals surface area contributed by atoms with Gasteiger partial charge in [-0.1, -0.05) is 54.3 Å². The molecular weight excluding hydrogens is 480 g/mol. The third kappa shape index (κ3) is 4.36. The Kier molecular flexibility index (Phi) is 6.69. The fourth-order valence-electron chi connectivity index (χ4n) is 4.59. The fourth-order valence-corrected chi connectivity index (χ4v) is 7.58. The standard InChI is InChI=1S/C22H28N4O4S3/c1-12(2)25-10-24(11-32-21(25)31)15(13-8-6-5-7-9-13)17(27)23-14-18(28)26-16(20(29)30)22(3,4)33-19(14)26/h5-9,12,14-16,19H,10-11H2,1-4H3,(H,23,27)(H,29,30)/t14?,15?,16-,19+/m0/s1. The first-order valence-corrected chi connectivity index (χ1v) is 13.1. The Morgan fingerprint density at radius 1 is 1.24 bits per heavy atom. The molecule has 2 N–H and O–H groups in total. The maximum atomic E-state index is 13.6. The summed E-state index contributed by atoms with van der Waals surface area (Å²) in [6.45, 7) is 8.28. The number of nitrogens with zero attached hydrogens (tertiary/aromatic N) is 3. The average molecular weight is 509 g/mol. The number of amides is 2. The molecule has 2 amide bonds. The van der Waals surface area contributed by atoms with E-state index in [0.717, 1.165) is 9.88 Å². The molecule has 0 aromatic heterocycles. The molecule has 3 aliphatic heterocycles. The molecule has 3 aliphatic rings. The van der Waals surface area contributed by atoms with Gasteiger partial charge >= 0.3 is 5.97 Å². The Morgan fingerprint density at radius 3 is 2.52 bits per heavy atom. The van der Waals surface area contributed by atoms with E-state index >= 15 is 0 Å². The second-order valence-corrected chi connectivity index (χ2v) is 12.6. The average Bonchev–Trinajstić information content (AvgIpc) is 3.02. The van der Waals surface area contributed by atoms with Crippen LogP contribution in [0.2, 0.25) is 0 Å².